The van der Waals surface area contributed by atoms with E-state index in [1.54, 1.807) is 0 Å². The summed E-state index contributed by atoms with van der Waals surface area (Å²) < 4.78 is 6.22. The smallest absolute Gasteiger partial charge is 0.0761 e. The molecular formula is C16H32N2O. The van der Waals surface area contributed by atoms with Crippen LogP contribution in [0.1, 0.15) is 66.2 Å². The lowest BCUT2D eigenvalue weighted by Gasteiger charge is -2.54. The summed E-state index contributed by atoms with van der Waals surface area (Å²) in [5, 5.41) is 0. The van der Waals surface area contributed by atoms with Crippen LogP contribution in [0.15, 0.2) is 0 Å². The molecule has 3 heteroatoms. The third kappa shape index (κ3) is 3.50. The molecule has 1 saturated heterocycles. The SMILES string of the molecule is CC1(C)CN(C2(CN)CCCCCC2)CC(C)(C)O1. The van der Waals surface area contributed by atoms with Crippen molar-refractivity contribution in [1.29, 1.82) is 0 Å². The Bertz CT molecular complexity index is 288. The Morgan fingerprint density at radius 3 is 1.79 bits per heavy atom. The summed E-state index contributed by atoms with van der Waals surface area (Å²) in [5.41, 5.74) is 6.30. The first-order valence-corrected chi connectivity index (χ1v) is 7.94. The highest BCUT2D eigenvalue weighted by molar-refractivity contribution is 5.00. The number of morpholine rings is 1. The Morgan fingerprint density at radius 2 is 1.37 bits per heavy atom. The minimum Gasteiger partial charge on any atom is -0.367 e. The van der Waals surface area contributed by atoms with Gasteiger partial charge in [0.1, 0.15) is 0 Å². The molecule has 1 heterocycles. The minimum atomic E-state index is -0.0732. The lowest BCUT2D eigenvalue weighted by Crippen LogP contribution is -2.66. The normalized spacial score (nSPS) is 30.8. The Hall–Kier alpha value is -0.120. The van der Waals surface area contributed by atoms with Crippen LogP contribution in [0, 0.1) is 0 Å². The number of nitrogens with zero attached hydrogens (tertiary/aromatic N) is 1. The lowest BCUT2D eigenvalue weighted by molar-refractivity contribution is -0.200. The summed E-state index contributed by atoms with van der Waals surface area (Å²) in [7, 11) is 0. The van der Waals surface area contributed by atoms with Crippen molar-refractivity contribution in [2.45, 2.75) is 83.0 Å². The molecule has 112 valence electrons. The highest BCUT2D eigenvalue weighted by atomic mass is 16.5. The van der Waals surface area contributed by atoms with Crippen molar-refractivity contribution in [3.05, 3.63) is 0 Å². The fraction of sp³-hybridized carbons (Fsp3) is 1.00. The Morgan fingerprint density at radius 1 is 0.895 bits per heavy atom. The van der Waals surface area contributed by atoms with Crippen LogP contribution < -0.4 is 5.73 Å². The molecule has 2 aliphatic rings. The van der Waals surface area contributed by atoms with E-state index in [0.717, 1.165) is 19.6 Å². The summed E-state index contributed by atoms with van der Waals surface area (Å²) in [5.74, 6) is 0. The van der Waals surface area contributed by atoms with Gasteiger partial charge in [0.2, 0.25) is 0 Å². The predicted molar refractivity (Wildman–Crippen MR) is 80.3 cm³/mol. The predicted octanol–water partition coefficient (Wildman–Crippen LogP) is 2.93. The van der Waals surface area contributed by atoms with E-state index in [9.17, 15) is 0 Å². The maximum Gasteiger partial charge on any atom is 0.0761 e. The highest BCUT2D eigenvalue weighted by Gasteiger charge is 2.46. The van der Waals surface area contributed by atoms with Crippen LogP contribution in [0.4, 0.5) is 0 Å². The maximum atomic E-state index is 6.23. The highest BCUT2D eigenvalue weighted by Crippen LogP contribution is 2.38. The molecule has 1 aliphatic carbocycles. The van der Waals surface area contributed by atoms with E-state index in [0.29, 0.717) is 0 Å². The van der Waals surface area contributed by atoms with Crippen molar-refractivity contribution >= 4 is 0 Å². The zero-order valence-corrected chi connectivity index (χ0v) is 13.3. The van der Waals surface area contributed by atoms with E-state index < -0.39 is 0 Å². The lowest BCUT2D eigenvalue weighted by atomic mass is 9.84. The van der Waals surface area contributed by atoms with E-state index >= 15 is 0 Å². The molecular weight excluding hydrogens is 236 g/mol. The van der Waals surface area contributed by atoms with Crippen molar-refractivity contribution in [3.8, 4) is 0 Å². The van der Waals surface area contributed by atoms with Gasteiger partial charge in [0, 0.05) is 25.2 Å². The van der Waals surface area contributed by atoms with Crippen molar-refractivity contribution in [2.75, 3.05) is 19.6 Å². The second kappa shape index (κ2) is 5.34. The van der Waals surface area contributed by atoms with Crippen LogP contribution in [0.3, 0.4) is 0 Å². The zero-order chi connectivity index (χ0) is 14.1. The van der Waals surface area contributed by atoms with Crippen LogP contribution >= 0.6 is 0 Å². The quantitative estimate of drug-likeness (QED) is 0.783. The summed E-state index contributed by atoms with van der Waals surface area (Å²) >= 11 is 0. The molecule has 1 saturated carbocycles. The number of hydrogen-bond acceptors (Lipinski definition) is 3. The molecule has 0 aromatic heterocycles. The molecule has 0 unspecified atom stereocenters. The first-order valence-electron chi connectivity index (χ1n) is 7.94. The van der Waals surface area contributed by atoms with Gasteiger partial charge in [-0.1, -0.05) is 25.7 Å². The summed E-state index contributed by atoms with van der Waals surface area (Å²) in [4.78, 5) is 2.65. The Labute approximate surface area is 118 Å². The molecule has 0 aromatic rings. The zero-order valence-electron chi connectivity index (χ0n) is 13.3. The molecule has 0 radical (unpaired) electrons. The van der Waals surface area contributed by atoms with E-state index in [-0.39, 0.29) is 16.7 Å². The molecule has 0 atom stereocenters. The van der Waals surface area contributed by atoms with E-state index in [1.165, 1.54) is 38.5 Å². The van der Waals surface area contributed by atoms with Crippen LogP contribution in [0.25, 0.3) is 0 Å². The standard InChI is InChI=1S/C16H32N2O/c1-14(2)12-18(13-15(3,4)19-14)16(11-17)9-7-5-6-8-10-16/h5-13,17H2,1-4H3. The van der Waals surface area contributed by atoms with Gasteiger partial charge in [-0.15, -0.1) is 0 Å². The Kier molecular flexibility index (Phi) is 4.29. The molecule has 2 N–H and O–H groups in total. The number of nitrogens with two attached hydrogens (primary N) is 1. The van der Waals surface area contributed by atoms with Gasteiger partial charge in [-0.3, -0.25) is 4.90 Å². The van der Waals surface area contributed by atoms with Crippen molar-refractivity contribution in [1.82, 2.24) is 4.90 Å². The van der Waals surface area contributed by atoms with Gasteiger partial charge >= 0.3 is 0 Å². The monoisotopic (exact) mass is 268 g/mol. The summed E-state index contributed by atoms with van der Waals surface area (Å²) in [6.07, 6.45) is 7.92. The first-order chi connectivity index (χ1) is 8.79. The van der Waals surface area contributed by atoms with Crippen molar-refractivity contribution in [2.24, 2.45) is 5.73 Å². The summed E-state index contributed by atoms with van der Waals surface area (Å²) in [6.45, 7) is 11.6. The topological polar surface area (TPSA) is 38.5 Å². The molecule has 2 fully saturated rings. The van der Waals surface area contributed by atoms with Crippen molar-refractivity contribution < 1.29 is 4.74 Å². The molecule has 2 rings (SSSR count). The van der Waals surface area contributed by atoms with Gasteiger partial charge in [-0.2, -0.15) is 0 Å². The maximum absolute atomic E-state index is 6.23. The molecule has 0 spiro atoms. The third-order valence-electron chi connectivity index (χ3n) is 4.78. The largest absolute Gasteiger partial charge is 0.367 e. The van der Waals surface area contributed by atoms with Gasteiger partial charge in [-0.05, 0) is 40.5 Å². The van der Waals surface area contributed by atoms with Crippen LogP contribution in [0.2, 0.25) is 0 Å². The van der Waals surface area contributed by atoms with Crippen LogP contribution in [-0.2, 0) is 4.74 Å². The number of rotatable bonds is 2. The molecule has 1 aliphatic heterocycles. The van der Waals surface area contributed by atoms with E-state index in [4.69, 9.17) is 10.5 Å². The van der Waals surface area contributed by atoms with Gasteiger partial charge in [0.05, 0.1) is 11.2 Å². The van der Waals surface area contributed by atoms with E-state index in [1.807, 2.05) is 0 Å². The van der Waals surface area contributed by atoms with Crippen LogP contribution in [-0.4, -0.2) is 41.3 Å². The van der Waals surface area contributed by atoms with Gasteiger partial charge in [0.15, 0.2) is 0 Å². The average Bonchev–Trinajstić information content (AvgIpc) is 2.50. The fourth-order valence-corrected chi connectivity index (χ4v) is 4.16. The molecule has 19 heavy (non-hydrogen) atoms. The van der Waals surface area contributed by atoms with E-state index in [2.05, 4.69) is 32.6 Å². The molecule has 0 aromatic carbocycles. The summed E-state index contributed by atoms with van der Waals surface area (Å²) in [6, 6.07) is 0. The first kappa shape index (κ1) is 15.3. The third-order valence-corrected chi connectivity index (χ3v) is 4.78. The second-order valence-corrected chi connectivity index (χ2v) is 7.82. The number of hydrogen-bond donors (Lipinski definition) is 1. The van der Waals surface area contributed by atoms with Crippen molar-refractivity contribution in [3.63, 3.8) is 0 Å². The van der Waals surface area contributed by atoms with Gasteiger partial charge in [0.25, 0.3) is 0 Å². The average molecular weight is 268 g/mol. The Balaban J connectivity index is 2.21. The van der Waals surface area contributed by atoms with Crippen LogP contribution in [0.5, 0.6) is 0 Å². The number of ether oxygens (including phenoxy) is 1. The fourth-order valence-electron chi connectivity index (χ4n) is 4.16. The van der Waals surface area contributed by atoms with Gasteiger partial charge < -0.3 is 10.5 Å². The molecule has 0 amide bonds. The molecule has 3 nitrogen and oxygen atoms in total. The minimum absolute atomic E-state index is 0.0732. The second-order valence-electron chi connectivity index (χ2n) is 7.82. The molecule has 0 bridgehead atoms. The van der Waals surface area contributed by atoms with Gasteiger partial charge in [-0.25, -0.2) is 0 Å².